The molecule has 0 aromatic heterocycles. The summed E-state index contributed by atoms with van der Waals surface area (Å²) in [6.45, 7) is 1.50. The monoisotopic (exact) mass is 286 g/mol. The minimum atomic E-state index is -1.17. The molecule has 2 aromatic rings. The van der Waals surface area contributed by atoms with Gasteiger partial charge in [-0.05, 0) is 36.8 Å². The molecule has 108 valence electrons. The number of hydrogen-bond acceptors (Lipinski definition) is 3. The molecule has 2 aromatic carbocycles. The Bertz CT molecular complexity index is 664. The van der Waals surface area contributed by atoms with E-state index in [2.05, 4.69) is 0 Å². The molecule has 0 saturated heterocycles. The van der Waals surface area contributed by atoms with E-state index in [1.54, 1.807) is 30.3 Å². The van der Waals surface area contributed by atoms with Crippen molar-refractivity contribution in [2.75, 3.05) is 0 Å². The number of carboxylic acid groups (broad SMARTS) is 2. The smallest absolute Gasteiger partial charge is 0.339 e. The molecule has 1 unspecified atom stereocenters. The normalized spacial score (nSPS) is 11.7. The highest BCUT2D eigenvalue weighted by atomic mass is 16.5. The zero-order valence-corrected chi connectivity index (χ0v) is 11.3. The molecule has 0 fully saturated rings. The summed E-state index contributed by atoms with van der Waals surface area (Å²) in [5.74, 6) is -2.27. The molecule has 0 amide bonds. The molecular weight excluding hydrogens is 272 g/mol. The zero-order valence-electron chi connectivity index (χ0n) is 11.3. The van der Waals surface area contributed by atoms with Crippen LogP contribution < -0.4 is 4.74 Å². The summed E-state index contributed by atoms with van der Waals surface area (Å²) >= 11 is 0. The van der Waals surface area contributed by atoms with E-state index in [0.717, 1.165) is 0 Å². The first-order valence-corrected chi connectivity index (χ1v) is 6.32. The van der Waals surface area contributed by atoms with Crippen LogP contribution in [0.1, 0.15) is 28.8 Å². The second-order valence-electron chi connectivity index (χ2n) is 4.54. The Morgan fingerprint density at radius 1 is 1.05 bits per heavy atom. The molecule has 5 nitrogen and oxygen atoms in total. The molecule has 0 heterocycles. The Kier molecular flexibility index (Phi) is 4.23. The summed E-state index contributed by atoms with van der Waals surface area (Å²) in [6, 6.07) is 13.2. The van der Waals surface area contributed by atoms with Crippen molar-refractivity contribution in [2.45, 2.75) is 12.8 Å². The van der Waals surface area contributed by atoms with Crippen molar-refractivity contribution in [1.82, 2.24) is 0 Å². The van der Waals surface area contributed by atoms with Gasteiger partial charge in [-0.2, -0.15) is 0 Å². The number of para-hydroxylation sites is 1. The van der Waals surface area contributed by atoms with E-state index in [4.69, 9.17) is 9.84 Å². The van der Waals surface area contributed by atoms with Gasteiger partial charge in [-0.3, -0.25) is 4.79 Å². The van der Waals surface area contributed by atoms with Crippen LogP contribution in [0.15, 0.2) is 48.5 Å². The third kappa shape index (κ3) is 3.39. The molecule has 0 spiro atoms. The summed E-state index contributed by atoms with van der Waals surface area (Å²) in [7, 11) is 0. The number of ether oxygens (including phenoxy) is 1. The van der Waals surface area contributed by atoms with Gasteiger partial charge in [-0.25, -0.2) is 4.79 Å². The lowest BCUT2D eigenvalue weighted by molar-refractivity contribution is -0.138. The average molecular weight is 286 g/mol. The fourth-order valence-corrected chi connectivity index (χ4v) is 1.83. The molecule has 0 aliphatic rings. The van der Waals surface area contributed by atoms with Crippen LogP contribution in [-0.4, -0.2) is 22.2 Å². The van der Waals surface area contributed by atoms with Crippen LogP contribution in [0.25, 0.3) is 0 Å². The first-order valence-electron chi connectivity index (χ1n) is 6.32. The van der Waals surface area contributed by atoms with Crippen LogP contribution in [0.2, 0.25) is 0 Å². The molecule has 0 bridgehead atoms. The van der Waals surface area contributed by atoms with Crippen LogP contribution in [0.5, 0.6) is 11.5 Å². The highest BCUT2D eigenvalue weighted by Crippen LogP contribution is 2.28. The Morgan fingerprint density at radius 2 is 1.71 bits per heavy atom. The maximum atomic E-state index is 11.3. The van der Waals surface area contributed by atoms with Gasteiger partial charge in [-0.15, -0.1) is 0 Å². The summed E-state index contributed by atoms with van der Waals surface area (Å²) in [5, 5.41) is 18.3. The van der Waals surface area contributed by atoms with Gasteiger partial charge in [0.25, 0.3) is 0 Å². The SMILES string of the molecule is CC(C(=O)O)c1ccc(Oc2ccccc2)c(C(=O)O)c1. The van der Waals surface area contributed by atoms with Crippen LogP contribution in [0.4, 0.5) is 0 Å². The van der Waals surface area contributed by atoms with Gasteiger partial charge in [0.05, 0.1) is 5.92 Å². The van der Waals surface area contributed by atoms with Crippen molar-refractivity contribution in [3.63, 3.8) is 0 Å². The Hall–Kier alpha value is -2.82. The Morgan fingerprint density at radius 3 is 2.29 bits per heavy atom. The van der Waals surface area contributed by atoms with Crippen LogP contribution in [0.3, 0.4) is 0 Å². The van der Waals surface area contributed by atoms with Gasteiger partial charge in [-0.1, -0.05) is 24.3 Å². The molecular formula is C16H14O5. The van der Waals surface area contributed by atoms with Gasteiger partial charge >= 0.3 is 11.9 Å². The van der Waals surface area contributed by atoms with Crippen molar-refractivity contribution in [2.24, 2.45) is 0 Å². The van der Waals surface area contributed by atoms with Crippen molar-refractivity contribution in [3.05, 3.63) is 59.7 Å². The first kappa shape index (κ1) is 14.6. The molecule has 5 heteroatoms. The highest BCUT2D eigenvalue weighted by molar-refractivity contribution is 5.91. The minimum absolute atomic E-state index is 0.0653. The number of hydrogen-bond donors (Lipinski definition) is 2. The lowest BCUT2D eigenvalue weighted by Gasteiger charge is -2.12. The average Bonchev–Trinajstić information content (AvgIpc) is 2.47. The topological polar surface area (TPSA) is 83.8 Å². The van der Waals surface area contributed by atoms with Crippen molar-refractivity contribution in [3.8, 4) is 11.5 Å². The molecule has 1 atom stereocenters. The van der Waals surface area contributed by atoms with E-state index in [1.165, 1.54) is 19.1 Å². The second-order valence-corrected chi connectivity index (χ2v) is 4.54. The quantitative estimate of drug-likeness (QED) is 0.880. The lowest BCUT2D eigenvalue weighted by Crippen LogP contribution is -2.09. The van der Waals surface area contributed by atoms with Crippen LogP contribution >= 0.6 is 0 Å². The number of benzene rings is 2. The number of aliphatic carboxylic acids is 1. The second kappa shape index (κ2) is 6.09. The third-order valence-electron chi connectivity index (χ3n) is 3.08. The fourth-order valence-electron chi connectivity index (χ4n) is 1.83. The van der Waals surface area contributed by atoms with Gasteiger partial charge in [0.1, 0.15) is 17.1 Å². The highest BCUT2D eigenvalue weighted by Gasteiger charge is 2.19. The zero-order chi connectivity index (χ0) is 15.4. The van der Waals surface area contributed by atoms with E-state index in [1.807, 2.05) is 6.07 Å². The van der Waals surface area contributed by atoms with Gasteiger partial charge in [0.2, 0.25) is 0 Å². The predicted molar refractivity (Wildman–Crippen MR) is 76.0 cm³/mol. The first-order chi connectivity index (χ1) is 9.99. The fraction of sp³-hybridized carbons (Fsp3) is 0.125. The van der Waals surface area contributed by atoms with E-state index in [0.29, 0.717) is 11.3 Å². The number of carboxylic acids is 2. The molecule has 2 rings (SSSR count). The summed E-state index contributed by atoms with van der Waals surface area (Å²) < 4.78 is 5.54. The van der Waals surface area contributed by atoms with Gasteiger partial charge < -0.3 is 14.9 Å². The molecule has 0 aliphatic heterocycles. The molecule has 0 saturated carbocycles. The lowest BCUT2D eigenvalue weighted by atomic mass is 9.98. The standard InChI is InChI=1S/C16H14O5/c1-10(15(17)18)11-7-8-14(13(9-11)16(19)20)21-12-5-3-2-4-6-12/h2-10H,1H3,(H,17,18)(H,19,20). The van der Waals surface area contributed by atoms with E-state index >= 15 is 0 Å². The third-order valence-corrected chi connectivity index (χ3v) is 3.08. The number of rotatable bonds is 5. The van der Waals surface area contributed by atoms with Crippen LogP contribution in [0, 0.1) is 0 Å². The van der Waals surface area contributed by atoms with Gasteiger partial charge in [0, 0.05) is 0 Å². The van der Waals surface area contributed by atoms with Crippen LogP contribution in [-0.2, 0) is 4.79 Å². The van der Waals surface area contributed by atoms with Crippen molar-refractivity contribution in [1.29, 1.82) is 0 Å². The molecule has 0 radical (unpaired) electrons. The van der Waals surface area contributed by atoms with E-state index in [-0.39, 0.29) is 11.3 Å². The maximum absolute atomic E-state index is 11.3. The van der Waals surface area contributed by atoms with Crippen molar-refractivity contribution >= 4 is 11.9 Å². The van der Waals surface area contributed by atoms with Gasteiger partial charge in [0.15, 0.2) is 0 Å². The molecule has 21 heavy (non-hydrogen) atoms. The summed E-state index contributed by atoms with van der Waals surface area (Å²) in [4.78, 5) is 22.3. The van der Waals surface area contributed by atoms with Crippen molar-refractivity contribution < 1.29 is 24.5 Å². The molecule has 0 aliphatic carbocycles. The number of aromatic carboxylic acids is 1. The van der Waals surface area contributed by atoms with E-state index in [9.17, 15) is 14.7 Å². The molecule has 2 N–H and O–H groups in total. The largest absolute Gasteiger partial charge is 0.481 e. The Labute approximate surface area is 121 Å². The summed E-state index contributed by atoms with van der Waals surface area (Å²) in [5.41, 5.74) is 0.352. The summed E-state index contributed by atoms with van der Waals surface area (Å²) in [6.07, 6.45) is 0. The maximum Gasteiger partial charge on any atom is 0.339 e. The Balaban J connectivity index is 2.38. The van der Waals surface area contributed by atoms with E-state index < -0.39 is 17.9 Å². The predicted octanol–water partition coefficient (Wildman–Crippen LogP) is 3.37. The minimum Gasteiger partial charge on any atom is -0.481 e. The number of carbonyl (C=O) groups is 2.